The molecule has 0 radical (unpaired) electrons. The number of anilines is 1. The van der Waals surface area contributed by atoms with E-state index in [4.69, 9.17) is 17.3 Å². The van der Waals surface area contributed by atoms with Crippen LogP contribution >= 0.6 is 22.9 Å². The molecule has 0 fully saturated rings. The Labute approximate surface area is 121 Å². The zero-order valence-electron chi connectivity index (χ0n) is 11.2. The molecule has 0 aliphatic heterocycles. The number of hydrogen-bond donors (Lipinski definition) is 2. The number of rotatable bonds is 2. The number of nitrogen functional groups attached to an aromatic ring is 1. The Bertz CT molecular complexity index is 628. The van der Waals surface area contributed by atoms with Crippen molar-refractivity contribution in [1.82, 2.24) is 5.32 Å². The van der Waals surface area contributed by atoms with Crippen LogP contribution in [-0.2, 0) is 0 Å². The zero-order chi connectivity index (χ0) is 14.2. The summed E-state index contributed by atoms with van der Waals surface area (Å²) in [5.74, 6) is -0.135. The fourth-order valence-corrected chi connectivity index (χ4v) is 3.12. The molecular formula is C14H17ClN2OS. The highest BCUT2D eigenvalue weighted by Gasteiger charge is 2.19. The zero-order valence-corrected chi connectivity index (χ0v) is 12.8. The summed E-state index contributed by atoms with van der Waals surface area (Å²) >= 11 is 7.50. The number of carbonyl (C=O) groups excluding carboxylic acids is 1. The summed E-state index contributed by atoms with van der Waals surface area (Å²) in [5.41, 5.74) is 6.56. The first-order valence-electron chi connectivity index (χ1n) is 6.04. The number of nitrogens with one attached hydrogen (secondary N) is 1. The third kappa shape index (κ3) is 3.01. The summed E-state index contributed by atoms with van der Waals surface area (Å²) in [7, 11) is 0. The first kappa shape index (κ1) is 14.2. The van der Waals surface area contributed by atoms with Crippen molar-refractivity contribution >= 4 is 44.6 Å². The molecule has 0 atom stereocenters. The van der Waals surface area contributed by atoms with Crippen molar-refractivity contribution in [3.8, 4) is 0 Å². The van der Waals surface area contributed by atoms with Gasteiger partial charge in [0.1, 0.15) is 4.88 Å². The van der Waals surface area contributed by atoms with Gasteiger partial charge in [-0.25, -0.2) is 0 Å². The van der Waals surface area contributed by atoms with Crippen molar-refractivity contribution in [3.63, 3.8) is 0 Å². The van der Waals surface area contributed by atoms with Gasteiger partial charge >= 0.3 is 0 Å². The van der Waals surface area contributed by atoms with Gasteiger partial charge in [0.2, 0.25) is 0 Å². The number of thiophene rings is 1. The van der Waals surface area contributed by atoms with Crippen LogP contribution in [0.2, 0.25) is 5.02 Å². The van der Waals surface area contributed by atoms with Gasteiger partial charge in [-0.3, -0.25) is 4.79 Å². The van der Waals surface area contributed by atoms with E-state index >= 15 is 0 Å². The van der Waals surface area contributed by atoms with Crippen molar-refractivity contribution in [2.45, 2.75) is 20.8 Å². The third-order valence-corrected chi connectivity index (χ3v) is 4.17. The normalized spacial score (nSPS) is 11.8. The lowest BCUT2D eigenvalue weighted by Crippen LogP contribution is -2.32. The predicted octanol–water partition coefficient (Wildman–Crippen LogP) is 3.91. The molecule has 0 bridgehead atoms. The second-order valence-corrected chi connectivity index (χ2v) is 7.16. The van der Waals surface area contributed by atoms with E-state index in [9.17, 15) is 4.79 Å². The van der Waals surface area contributed by atoms with Crippen molar-refractivity contribution in [2.75, 3.05) is 12.3 Å². The summed E-state index contributed by atoms with van der Waals surface area (Å²) in [6, 6.07) is 5.56. The van der Waals surface area contributed by atoms with Crippen LogP contribution < -0.4 is 11.1 Å². The summed E-state index contributed by atoms with van der Waals surface area (Å²) in [6.45, 7) is 6.81. The SMILES string of the molecule is CC(C)(C)CNC(=O)c1sc2cccc(Cl)c2c1N. The molecule has 0 saturated carbocycles. The van der Waals surface area contributed by atoms with Gasteiger partial charge < -0.3 is 11.1 Å². The largest absolute Gasteiger partial charge is 0.397 e. The van der Waals surface area contributed by atoms with Crippen LogP contribution in [0.5, 0.6) is 0 Å². The maximum atomic E-state index is 12.2. The standard InChI is InChI=1S/C14H17ClN2OS/c1-14(2,3)7-17-13(18)12-11(16)10-8(15)5-4-6-9(10)19-12/h4-6H,7,16H2,1-3H3,(H,17,18). The van der Waals surface area contributed by atoms with Gasteiger partial charge in [0, 0.05) is 16.6 Å². The Kier molecular flexibility index (Phi) is 3.74. The van der Waals surface area contributed by atoms with E-state index in [-0.39, 0.29) is 11.3 Å². The molecule has 19 heavy (non-hydrogen) atoms. The van der Waals surface area contributed by atoms with E-state index in [0.717, 1.165) is 10.1 Å². The molecule has 0 unspecified atom stereocenters. The lowest BCUT2D eigenvalue weighted by molar-refractivity contribution is 0.0944. The quantitative estimate of drug-likeness (QED) is 0.882. The van der Waals surface area contributed by atoms with E-state index in [1.54, 1.807) is 6.07 Å². The minimum atomic E-state index is -0.135. The lowest BCUT2D eigenvalue weighted by Gasteiger charge is -2.18. The van der Waals surface area contributed by atoms with E-state index in [2.05, 4.69) is 26.1 Å². The summed E-state index contributed by atoms with van der Waals surface area (Å²) in [6.07, 6.45) is 0. The smallest absolute Gasteiger partial charge is 0.263 e. The van der Waals surface area contributed by atoms with E-state index in [1.165, 1.54) is 11.3 Å². The monoisotopic (exact) mass is 296 g/mol. The number of carbonyl (C=O) groups is 1. The van der Waals surface area contributed by atoms with Crippen LogP contribution in [0, 0.1) is 5.41 Å². The lowest BCUT2D eigenvalue weighted by atomic mass is 9.97. The van der Waals surface area contributed by atoms with Gasteiger partial charge in [-0.1, -0.05) is 38.4 Å². The average molecular weight is 297 g/mol. The Hall–Kier alpha value is -1.26. The van der Waals surface area contributed by atoms with Gasteiger partial charge in [-0.2, -0.15) is 0 Å². The number of fused-ring (bicyclic) bond motifs is 1. The molecule has 2 aromatic rings. The molecule has 1 aromatic carbocycles. The first-order chi connectivity index (χ1) is 8.79. The van der Waals surface area contributed by atoms with Crippen molar-refractivity contribution in [3.05, 3.63) is 28.1 Å². The minimum Gasteiger partial charge on any atom is -0.397 e. The van der Waals surface area contributed by atoms with Gasteiger partial charge in [-0.15, -0.1) is 11.3 Å². The minimum absolute atomic E-state index is 0.0404. The van der Waals surface area contributed by atoms with Crippen LogP contribution in [0.3, 0.4) is 0 Å². The highest BCUT2D eigenvalue weighted by atomic mass is 35.5. The molecule has 0 saturated heterocycles. The predicted molar refractivity (Wildman–Crippen MR) is 83.0 cm³/mol. The van der Waals surface area contributed by atoms with Crippen LogP contribution in [-0.4, -0.2) is 12.5 Å². The molecule has 0 aliphatic rings. The second-order valence-electron chi connectivity index (χ2n) is 5.70. The number of hydrogen-bond acceptors (Lipinski definition) is 3. The van der Waals surface area contributed by atoms with E-state index < -0.39 is 0 Å². The van der Waals surface area contributed by atoms with Crippen LogP contribution in [0.4, 0.5) is 5.69 Å². The first-order valence-corrected chi connectivity index (χ1v) is 7.24. The Balaban J connectivity index is 2.33. The Morgan fingerprint density at radius 2 is 2.11 bits per heavy atom. The van der Waals surface area contributed by atoms with Gasteiger partial charge in [-0.05, 0) is 17.5 Å². The Morgan fingerprint density at radius 1 is 1.42 bits per heavy atom. The molecule has 0 spiro atoms. The highest BCUT2D eigenvalue weighted by Crippen LogP contribution is 2.37. The molecule has 5 heteroatoms. The molecule has 102 valence electrons. The van der Waals surface area contributed by atoms with Crippen LogP contribution in [0.15, 0.2) is 18.2 Å². The van der Waals surface area contributed by atoms with Gasteiger partial charge in [0.05, 0.1) is 10.7 Å². The number of halogens is 1. The van der Waals surface area contributed by atoms with Gasteiger partial charge in [0.25, 0.3) is 5.91 Å². The van der Waals surface area contributed by atoms with E-state index in [0.29, 0.717) is 22.1 Å². The molecule has 1 amide bonds. The highest BCUT2D eigenvalue weighted by molar-refractivity contribution is 7.21. The average Bonchev–Trinajstić information content (AvgIpc) is 2.64. The molecule has 2 rings (SSSR count). The summed E-state index contributed by atoms with van der Waals surface area (Å²) in [5, 5.41) is 4.27. The maximum absolute atomic E-state index is 12.2. The van der Waals surface area contributed by atoms with Crippen LogP contribution in [0.1, 0.15) is 30.4 Å². The van der Waals surface area contributed by atoms with Crippen molar-refractivity contribution in [1.29, 1.82) is 0 Å². The van der Waals surface area contributed by atoms with E-state index in [1.807, 2.05) is 12.1 Å². The third-order valence-electron chi connectivity index (χ3n) is 2.69. The number of benzene rings is 1. The molecular weight excluding hydrogens is 280 g/mol. The summed E-state index contributed by atoms with van der Waals surface area (Å²) in [4.78, 5) is 12.7. The number of nitrogens with two attached hydrogens (primary N) is 1. The molecule has 1 heterocycles. The van der Waals surface area contributed by atoms with Crippen molar-refractivity contribution < 1.29 is 4.79 Å². The molecule has 0 aliphatic carbocycles. The number of amides is 1. The second kappa shape index (κ2) is 5.02. The fourth-order valence-electron chi connectivity index (χ4n) is 1.72. The summed E-state index contributed by atoms with van der Waals surface area (Å²) < 4.78 is 0.936. The van der Waals surface area contributed by atoms with Gasteiger partial charge in [0.15, 0.2) is 0 Å². The Morgan fingerprint density at radius 3 is 2.68 bits per heavy atom. The molecule has 3 nitrogen and oxygen atoms in total. The molecule has 1 aromatic heterocycles. The van der Waals surface area contributed by atoms with Crippen LogP contribution in [0.25, 0.3) is 10.1 Å². The fraction of sp³-hybridized carbons (Fsp3) is 0.357. The maximum Gasteiger partial charge on any atom is 0.263 e. The molecule has 3 N–H and O–H groups in total. The topological polar surface area (TPSA) is 55.1 Å². The van der Waals surface area contributed by atoms with Crippen molar-refractivity contribution in [2.24, 2.45) is 5.41 Å².